The summed E-state index contributed by atoms with van der Waals surface area (Å²) in [6.07, 6.45) is 13.3. The van der Waals surface area contributed by atoms with Crippen LogP contribution >= 0.6 is 11.3 Å². The van der Waals surface area contributed by atoms with Gasteiger partial charge in [-0.2, -0.15) is 0 Å². The summed E-state index contributed by atoms with van der Waals surface area (Å²) >= 11 is 1.48. The van der Waals surface area contributed by atoms with Crippen molar-refractivity contribution in [2.24, 2.45) is 0 Å². The molecule has 5 rings (SSSR count). The predicted molar refractivity (Wildman–Crippen MR) is 191 cm³/mol. The fourth-order valence-electron chi connectivity index (χ4n) is 5.45. The molecule has 8 heteroatoms. The van der Waals surface area contributed by atoms with Crippen LogP contribution in [0.3, 0.4) is 0 Å². The lowest BCUT2D eigenvalue weighted by atomic mass is 9.92. The maximum atomic E-state index is 13.3. The van der Waals surface area contributed by atoms with Gasteiger partial charge < -0.3 is 15.4 Å². The highest BCUT2D eigenvalue weighted by atomic mass is 32.1. The van der Waals surface area contributed by atoms with Gasteiger partial charge in [0.25, 0.3) is 5.91 Å². The Kier molecular flexibility index (Phi) is 11.8. The van der Waals surface area contributed by atoms with Crippen LogP contribution in [0.2, 0.25) is 0 Å². The number of thiophene rings is 1. The van der Waals surface area contributed by atoms with Gasteiger partial charge in [0, 0.05) is 40.9 Å². The van der Waals surface area contributed by atoms with Crippen LogP contribution in [0.25, 0.3) is 22.5 Å². The van der Waals surface area contributed by atoms with E-state index in [2.05, 4.69) is 48.3 Å². The third-order valence-corrected chi connectivity index (χ3v) is 10.2. The van der Waals surface area contributed by atoms with Crippen LogP contribution in [0.1, 0.15) is 99.2 Å². The summed E-state index contributed by atoms with van der Waals surface area (Å²) in [5, 5.41) is 6.14. The maximum absolute atomic E-state index is 13.3. The molecule has 2 aromatic heterocycles. The summed E-state index contributed by atoms with van der Waals surface area (Å²) in [5.41, 5.74) is 3.77. The molecular weight excluding hydrogens is 605 g/mol. The zero-order valence-electron chi connectivity index (χ0n) is 28.2. The number of nitrogens with one attached hydrogen (secondary N) is 2. The number of hydrogen-bond donors (Lipinski definition) is 2. The highest BCUT2D eigenvalue weighted by Gasteiger charge is 2.28. The molecule has 2 heterocycles. The van der Waals surface area contributed by atoms with E-state index in [9.17, 15) is 9.59 Å². The molecule has 1 atom stereocenters. The van der Waals surface area contributed by atoms with Crippen LogP contribution in [0, 0.1) is 0 Å². The van der Waals surface area contributed by atoms with E-state index in [1.807, 2.05) is 73.1 Å². The molecule has 0 bridgehead atoms. The van der Waals surface area contributed by atoms with Crippen LogP contribution in [0.15, 0.2) is 73.1 Å². The van der Waals surface area contributed by atoms with Gasteiger partial charge in [0.15, 0.2) is 5.82 Å². The molecule has 2 N–H and O–H groups in total. The Morgan fingerprint density at radius 2 is 1.55 bits per heavy atom. The number of unbranched alkanes of at least 4 members (excludes halogenated alkanes) is 4. The third kappa shape index (κ3) is 9.74. The second-order valence-electron chi connectivity index (χ2n) is 13.6. The van der Waals surface area contributed by atoms with Crippen molar-refractivity contribution in [3.63, 3.8) is 0 Å². The molecule has 1 fully saturated rings. The average Bonchev–Trinajstić information content (AvgIpc) is 3.57. The quantitative estimate of drug-likeness (QED) is 0.126. The second-order valence-corrected chi connectivity index (χ2v) is 14.6. The van der Waals surface area contributed by atoms with E-state index in [0.717, 1.165) is 65.2 Å². The van der Waals surface area contributed by atoms with E-state index in [-0.39, 0.29) is 23.3 Å². The minimum Gasteiger partial charge on any atom is -0.494 e. The molecular formula is C39H48N4O3S. The molecule has 0 radical (unpaired) electrons. The molecule has 0 unspecified atom stereocenters. The van der Waals surface area contributed by atoms with Crippen LogP contribution in [0.5, 0.6) is 5.75 Å². The third-order valence-electron chi connectivity index (χ3n) is 8.65. The standard InChI is InChI=1S/C39H48N4O3S/c1-5-6-7-8-9-23-46-32-19-17-28(18-20-32)30-25-40-36(41-26-30)29-15-13-27(14-16-29)24-33(37(44)42-31-11-10-12-31)43-38(45)34-21-22-35(47-34)39(2,3)4/h13-22,25-26,31,33H,5-12,23-24H2,1-4H3,(H,42,44)(H,43,45)/t33-/m0/s1. The highest BCUT2D eigenvalue weighted by Crippen LogP contribution is 2.30. The van der Waals surface area contributed by atoms with E-state index in [1.165, 1.54) is 37.0 Å². The number of benzene rings is 2. The first-order valence-corrected chi connectivity index (χ1v) is 17.9. The molecule has 0 aliphatic heterocycles. The van der Waals surface area contributed by atoms with Crippen LogP contribution in [0.4, 0.5) is 0 Å². The van der Waals surface area contributed by atoms with E-state index in [0.29, 0.717) is 17.1 Å². The first kappa shape index (κ1) is 34.3. The van der Waals surface area contributed by atoms with Crippen LogP contribution in [-0.4, -0.2) is 40.5 Å². The molecule has 2 aromatic carbocycles. The van der Waals surface area contributed by atoms with Crippen molar-refractivity contribution < 1.29 is 14.3 Å². The zero-order chi connectivity index (χ0) is 33.2. The van der Waals surface area contributed by atoms with Crippen molar-refractivity contribution in [1.29, 1.82) is 0 Å². The van der Waals surface area contributed by atoms with E-state index >= 15 is 0 Å². The zero-order valence-corrected chi connectivity index (χ0v) is 29.0. The molecule has 0 spiro atoms. The summed E-state index contributed by atoms with van der Waals surface area (Å²) < 4.78 is 5.90. The molecule has 47 heavy (non-hydrogen) atoms. The van der Waals surface area contributed by atoms with Gasteiger partial charge in [-0.3, -0.25) is 9.59 Å². The van der Waals surface area contributed by atoms with Crippen LogP contribution < -0.4 is 15.4 Å². The van der Waals surface area contributed by atoms with Gasteiger partial charge in [-0.15, -0.1) is 11.3 Å². The van der Waals surface area contributed by atoms with Crippen LogP contribution in [-0.2, 0) is 16.6 Å². The Labute approximate surface area is 283 Å². The number of ether oxygens (including phenoxy) is 1. The number of carbonyl (C=O) groups excluding carboxylic acids is 2. The largest absolute Gasteiger partial charge is 0.494 e. The van der Waals surface area contributed by atoms with Crippen molar-refractivity contribution in [2.45, 2.75) is 103 Å². The van der Waals surface area contributed by atoms with E-state index in [1.54, 1.807) is 0 Å². The fourth-order valence-corrected chi connectivity index (χ4v) is 6.41. The lowest BCUT2D eigenvalue weighted by molar-refractivity contribution is -0.124. The Hall–Kier alpha value is -4.04. The van der Waals surface area contributed by atoms with Gasteiger partial charge in [-0.1, -0.05) is 89.8 Å². The molecule has 2 amide bonds. The number of aromatic nitrogens is 2. The minimum absolute atomic E-state index is 0.0380. The summed E-state index contributed by atoms with van der Waals surface area (Å²) in [5.74, 6) is 1.15. The predicted octanol–water partition coefficient (Wildman–Crippen LogP) is 8.53. The van der Waals surface area contributed by atoms with Crippen molar-refractivity contribution >= 4 is 23.2 Å². The summed E-state index contributed by atoms with van der Waals surface area (Å²) in [7, 11) is 0. The molecule has 248 valence electrons. The van der Waals surface area contributed by atoms with E-state index < -0.39 is 6.04 Å². The lowest BCUT2D eigenvalue weighted by Crippen LogP contribution is -2.52. The number of amides is 2. The van der Waals surface area contributed by atoms with Gasteiger partial charge in [0.05, 0.1) is 11.5 Å². The Morgan fingerprint density at radius 3 is 2.17 bits per heavy atom. The van der Waals surface area contributed by atoms with Crippen molar-refractivity contribution in [1.82, 2.24) is 20.6 Å². The smallest absolute Gasteiger partial charge is 0.262 e. The molecule has 0 saturated heterocycles. The Morgan fingerprint density at radius 1 is 0.872 bits per heavy atom. The number of nitrogens with zero attached hydrogens (tertiary/aromatic N) is 2. The summed E-state index contributed by atoms with van der Waals surface area (Å²) in [6, 6.07) is 19.3. The second kappa shape index (κ2) is 16.2. The molecule has 1 saturated carbocycles. The number of carbonyl (C=O) groups is 2. The number of rotatable bonds is 15. The minimum atomic E-state index is -0.674. The van der Waals surface area contributed by atoms with E-state index in [4.69, 9.17) is 4.74 Å². The molecule has 4 aromatic rings. The van der Waals surface area contributed by atoms with Crippen molar-refractivity contribution in [3.05, 3.63) is 88.4 Å². The average molecular weight is 653 g/mol. The van der Waals surface area contributed by atoms with Gasteiger partial charge in [0.2, 0.25) is 5.91 Å². The Bertz CT molecular complexity index is 1590. The fraction of sp³-hybridized carbons (Fsp3) is 0.436. The van der Waals surface area contributed by atoms with Gasteiger partial charge in [-0.25, -0.2) is 9.97 Å². The topological polar surface area (TPSA) is 93.2 Å². The Balaban J connectivity index is 1.19. The summed E-state index contributed by atoms with van der Waals surface area (Å²) in [6.45, 7) is 9.36. The molecule has 1 aliphatic rings. The highest BCUT2D eigenvalue weighted by molar-refractivity contribution is 7.14. The lowest BCUT2D eigenvalue weighted by Gasteiger charge is -2.29. The van der Waals surface area contributed by atoms with Gasteiger partial charge in [0.1, 0.15) is 11.8 Å². The van der Waals surface area contributed by atoms with Crippen molar-refractivity contribution in [2.75, 3.05) is 6.61 Å². The normalized spacial score (nSPS) is 13.9. The molecule has 1 aliphatic carbocycles. The number of hydrogen-bond acceptors (Lipinski definition) is 6. The maximum Gasteiger partial charge on any atom is 0.262 e. The molecule has 7 nitrogen and oxygen atoms in total. The first-order chi connectivity index (χ1) is 22.7. The SMILES string of the molecule is CCCCCCCOc1ccc(-c2cnc(-c3ccc(C[C@H](NC(=O)c4ccc(C(C)(C)C)s4)C(=O)NC4CCC4)cc3)nc2)cc1. The van der Waals surface area contributed by atoms with Crippen molar-refractivity contribution in [3.8, 4) is 28.3 Å². The van der Waals surface area contributed by atoms with Gasteiger partial charge >= 0.3 is 0 Å². The monoisotopic (exact) mass is 652 g/mol. The van der Waals surface area contributed by atoms with Gasteiger partial charge in [-0.05, 0) is 66.5 Å². The summed E-state index contributed by atoms with van der Waals surface area (Å²) in [4.78, 5) is 37.5. The first-order valence-electron chi connectivity index (χ1n) is 17.1.